The van der Waals surface area contributed by atoms with Crippen LogP contribution < -0.4 is 10.3 Å². The van der Waals surface area contributed by atoms with Gasteiger partial charge in [-0.15, -0.1) is 0 Å². The van der Waals surface area contributed by atoms with E-state index in [0.29, 0.717) is 23.3 Å². The average Bonchev–Trinajstić information content (AvgIpc) is 3.22. The normalized spacial score (nSPS) is 11.7. The maximum Gasteiger partial charge on any atom is 0.282 e. The van der Waals surface area contributed by atoms with E-state index in [-0.39, 0.29) is 11.5 Å². The van der Waals surface area contributed by atoms with Crippen molar-refractivity contribution in [1.29, 1.82) is 0 Å². The maximum absolute atomic E-state index is 13.9. The van der Waals surface area contributed by atoms with Crippen molar-refractivity contribution >= 4 is 17.1 Å². The molecule has 0 saturated heterocycles. The Morgan fingerprint density at radius 3 is 2.44 bits per heavy atom. The van der Waals surface area contributed by atoms with E-state index in [4.69, 9.17) is 14.8 Å². The van der Waals surface area contributed by atoms with E-state index in [1.165, 1.54) is 15.8 Å². The number of aryl methyl sites for hydroxylation is 4. The van der Waals surface area contributed by atoms with Gasteiger partial charge < -0.3 is 9.30 Å². The zero-order valence-corrected chi connectivity index (χ0v) is 25.2. The Bertz CT molecular complexity index is 1860. The van der Waals surface area contributed by atoms with Gasteiger partial charge in [0.25, 0.3) is 5.56 Å². The first-order valence-corrected chi connectivity index (χ1v) is 14.2. The molecular weight excluding hydrogens is 508 g/mol. The van der Waals surface area contributed by atoms with E-state index >= 15 is 0 Å². The fourth-order valence-electron chi connectivity index (χ4n) is 5.45. The fourth-order valence-corrected chi connectivity index (χ4v) is 5.45. The molecule has 6 nitrogen and oxygen atoms in total. The summed E-state index contributed by atoms with van der Waals surface area (Å²) in [5.74, 6) is 1.60. The minimum atomic E-state index is -0.204. The lowest BCUT2D eigenvalue weighted by atomic mass is 9.96. The zero-order chi connectivity index (χ0) is 29.4. The van der Waals surface area contributed by atoms with E-state index in [1.807, 2.05) is 38.1 Å². The maximum atomic E-state index is 13.9. The van der Waals surface area contributed by atoms with E-state index in [0.717, 1.165) is 45.1 Å². The highest BCUT2D eigenvalue weighted by atomic mass is 16.5. The van der Waals surface area contributed by atoms with Gasteiger partial charge in [-0.1, -0.05) is 38.1 Å². The number of fused-ring (bicyclic) bond motifs is 1. The Labute approximate surface area is 242 Å². The predicted octanol–water partition coefficient (Wildman–Crippen LogP) is 7.80. The Morgan fingerprint density at radius 2 is 1.71 bits per heavy atom. The van der Waals surface area contributed by atoms with Crippen LogP contribution in [0, 0.1) is 34.6 Å². The fraction of sp³-hybridized carbons (Fsp3) is 0.286. The van der Waals surface area contributed by atoms with Crippen molar-refractivity contribution in [2.24, 2.45) is 5.10 Å². The molecule has 0 saturated carbocycles. The number of nitrogens with zero attached hydrogens (tertiary/aromatic N) is 4. The highest BCUT2D eigenvalue weighted by molar-refractivity contribution is 5.84. The van der Waals surface area contributed by atoms with Gasteiger partial charge in [-0.2, -0.15) is 9.78 Å². The van der Waals surface area contributed by atoms with E-state index < -0.39 is 0 Å². The molecule has 0 unspecified atom stereocenters. The molecule has 0 spiro atoms. The molecule has 0 N–H and O–H groups in total. The summed E-state index contributed by atoms with van der Waals surface area (Å²) in [5.41, 5.74) is 10.0. The monoisotopic (exact) mass is 546 g/mol. The second-order valence-corrected chi connectivity index (χ2v) is 11.1. The summed E-state index contributed by atoms with van der Waals surface area (Å²) in [4.78, 5) is 18.9. The first-order chi connectivity index (χ1) is 19.6. The molecule has 0 amide bonds. The second kappa shape index (κ2) is 11.2. The number of rotatable bonds is 7. The summed E-state index contributed by atoms with van der Waals surface area (Å²) in [6.45, 7) is 17.3. The summed E-state index contributed by atoms with van der Waals surface area (Å²) in [6.07, 6.45) is 1.78. The van der Waals surface area contributed by atoms with Crippen LogP contribution >= 0.6 is 0 Å². The zero-order valence-electron chi connectivity index (χ0n) is 25.2. The van der Waals surface area contributed by atoms with Crippen molar-refractivity contribution in [2.45, 2.75) is 61.3 Å². The lowest BCUT2D eigenvalue weighted by Gasteiger charge is -2.18. The largest absolute Gasteiger partial charge is 0.494 e. The summed E-state index contributed by atoms with van der Waals surface area (Å²) in [6, 6.07) is 20.2. The van der Waals surface area contributed by atoms with Gasteiger partial charge in [0.2, 0.25) is 0 Å². The minimum Gasteiger partial charge on any atom is -0.494 e. The standard InChI is InChI=1S/C35H38N4O2/c1-9-41-33-17-24(6)30(19-29(33)21(2)3)34-37-31-13-11-10-12-28(31)35(40)39(34)36-20-27-18-25(7)38(26(27)8)32-16-22(4)14-15-23(32)5/h10-21H,9H2,1-8H3. The number of aromatic nitrogens is 3. The van der Waals surface area contributed by atoms with Crippen LogP contribution in [0.4, 0.5) is 0 Å². The van der Waals surface area contributed by atoms with Crippen LogP contribution in [0.25, 0.3) is 28.0 Å². The lowest BCUT2D eigenvalue weighted by molar-refractivity contribution is 0.335. The first-order valence-electron chi connectivity index (χ1n) is 14.2. The molecule has 0 radical (unpaired) electrons. The predicted molar refractivity (Wildman–Crippen MR) is 169 cm³/mol. The molecule has 6 heteroatoms. The van der Waals surface area contributed by atoms with Crippen molar-refractivity contribution in [3.63, 3.8) is 0 Å². The van der Waals surface area contributed by atoms with Gasteiger partial charge in [-0.25, -0.2) is 4.98 Å². The molecule has 2 aromatic heterocycles. The van der Waals surface area contributed by atoms with Gasteiger partial charge in [0.1, 0.15) is 5.75 Å². The van der Waals surface area contributed by atoms with Gasteiger partial charge in [-0.05, 0) is 106 Å². The molecule has 0 bridgehead atoms. The molecule has 0 fully saturated rings. The molecule has 5 aromatic rings. The van der Waals surface area contributed by atoms with Crippen LogP contribution in [0.5, 0.6) is 5.75 Å². The van der Waals surface area contributed by atoms with Gasteiger partial charge in [0.05, 0.1) is 23.7 Å². The Hall–Kier alpha value is -4.45. The SMILES string of the molecule is CCOc1cc(C)c(-c2nc3ccccc3c(=O)n2N=Cc2cc(C)n(-c3cc(C)ccc3C)c2C)cc1C(C)C. The third-order valence-corrected chi connectivity index (χ3v) is 7.66. The summed E-state index contributed by atoms with van der Waals surface area (Å²) >= 11 is 0. The number of ether oxygens (including phenoxy) is 1. The summed E-state index contributed by atoms with van der Waals surface area (Å²) in [7, 11) is 0. The number of para-hydroxylation sites is 1. The molecule has 3 aromatic carbocycles. The Morgan fingerprint density at radius 1 is 0.951 bits per heavy atom. The topological polar surface area (TPSA) is 61.4 Å². The van der Waals surface area contributed by atoms with Gasteiger partial charge >= 0.3 is 0 Å². The van der Waals surface area contributed by atoms with Crippen LogP contribution in [-0.4, -0.2) is 27.0 Å². The average molecular weight is 547 g/mol. The summed E-state index contributed by atoms with van der Waals surface area (Å²) < 4.78 is 9.65. The van der Waals surface area contributed by atoms with Gasteiger partial charge in [-0.3, -0.25) is 4.79 Å². The van der Waals surface area contributed by atoms with Crippen LogP contribution in [0.3, 0.4) is 0 Å². The van der Waals surface area contributed by atoms with Crippen molar-refractivity contribution in [3.05, 3.63) is 110 Å². The van der Waals surface area contributed by atoms with Crippen molar-refractivity contribution in [2.75, 3.05) is 6.61 Å². The molecule has 41 heavy (non-hydrogen) atoms. The highest BCUT2D eigenvalue weighted by Gasteiger charge is 2.19. The molecule has 0 atom stereocenters. The van der Waals surface area contributed by atoms with Crippen molar-refractivity contribution in [3.8, 4) is 22.8 Å². The lowest BCUT2D eigenvalue weighted by Crippen LogP contribution is -2.21. The summed E-state index contributed by atoms with van der Waals surface area (Å²) in [5, 5.41) is 5.33. The van der Waals surface area contributed by atoms with E-state index in [1.54, 1.807) is 12.3 Å². The molecule has 5 rings (SSSR count). The first kappa shape index (κ1) is 28.1. The van der Waals surface area contributed by atoms with Crippen molar-refractivity contribution < 1.29 is 4.74 Å². The van der Waals surface area contributed by atoms with Crippen molar-refractivity contribution in [1.82, 2.24) is 14.2 Å². The van der Waals surface area contributed by atoms with Crippen LogP contribution in [0.1, 0.15) is 65.9 Å². The third kappa shape index (κ3) is 5.22. The van der Waals surface area contributed by atoms with Gasteiger partial charge in [0, 0.05) is 28.2 Å². The Kier molecular flexibility index (Phi) is 7.68. The third-order valence-electron chi connectivity index (χ3n) is 7.66. The van der Waals surface area contributed by atoms with Crippen LogP contribution in [0.15, 0.2) is 70.6 Å². The molecule has 0 aliphatic rings. The highest BCUT2D eigenvalue weighted by Crippen LogP contribution is 2.34. The van der Waals surface area contributed by atoms with E-state index in [9.17, 15) is 4.79 Å². The minimum absolute atomic E-state index is 0.204. The number of benzene rings is 3. The quantitative estimate of drug-likeness (QED) is 0.196. The van der Waals surface area contributed by atoms with Gasteiger partial charge in [0.15, 0.2) is 5.82 Å². The number of hydrogen-bond donors (Lipinski definition) is 0. The molecule has 210 valence electrons. The molecule has 2 heterocycles. The second-order valence-electron chi connectivity index (χ2n) is 11.1. The molecule has 0 aliphatic carbocycles. The Balaban J connectivity index is 1.71. The molecular formula is C35H38N4O2. The van der Waals surface area contributed by atoms with Crippen LogP contribution in [-0.2, 0) is 0 Å². The van der Waals surface area contributed by atoms with E-state index in [2.05, 4.69) is 76.4 Å². The van der Waals surface area contributed by atoms with Crippen LogP contribution in [0.2, 0.25) is 0 Å². The molecule has 0 aliphatic heterocycles. The number of hydrogen-bond acceptors (Lipinski definition) is 4. The smallest absolute Gasteiger partial charge is 0.282 e.